The number of carbonyl (C=O) groups is 3. The zero-order valence-electron chi connectivity index (χ0n) is 18.2. The standard InChI is InChI=1S/C22H27N7O4/c23-6-15-11-33-12-18(15)29-10-16(26-27-29)8-24-7-13-2-1-3-14-9-28(22(32)20(13)14)17-4-5-19(30)25-21(17)31/h1-3,10,15,17-18,24H,4-9,11-12,23H2,(H,25,30,31)/t15-,17?,18-/m1/s1. The Labute approximate surface area is 190 Å². The van der Waals surface area contributed by atoms with Gasteiger partial charge in [0.15, 0.2) is 0 Å². The largest absolute Gasteiger partial charge is 0.379 e. The van der Waals surface area contributed by atoms with Gasteiger partial charge in [0.25, 0.3) is 5.91 Å². The molecule has 11 heteroatoms. The van der Waals surface area contributed by atoms with E-state index in [1.807, 2.05) is 29.1 Å². The second-order valence-electron chi connectivity index (χ2n) is 8.75. The van der Waals surface area contributed by atoms with Gasteiger partial charge in [-0.2, -0.15) is 0 Å². The van der Waals surface area contributed by atoms with Gasteiger partial charge in [0.2, 0.25) is 11.8 Å². The number of ether oxygens (including phenoxy) is 1. The second kappa shape index (κ2) is 9.00. The van der Waals surface area contributed by atoms with Gasteiger partial charge in [-0.25, -0.2) is 4.68 Å². The SMILES string of the molecule is NC[C@@H]1COC[C@H]1n1cc(CNCc2cccc3c2C(=O)N(C2CCC(=O)NC2=O)C3)nn1. The normalized spacial score (nSPS) is 24.9. The van der Waals surface area contributed by atoms with E-state index in [-0.39, 0.29) is 30.2 Å². The predicted octanol–water partition coefficient (Wildman–Crippen LogP) is -0.525. The summed E-state index contributed by atoms with van der Waals surface area (Å²) in [6, 6.07) is 5.22. The van der Waals surface area contributed by atoms with Crippen molar-refractivity contribution in [3.05, 3.63) is 46.8 Å². The maximum absolute atomic E-state index is 13.2. The first-order valence-electron chi connectivity index (χ1n) is 11.2. The molecule has 174 valence electrons. The number of nitrogens with two attached hydrogens (primary N) is 1. The van der Waals surface area contributed by atoms with Crippen LogP contribution in [0.3, 0.4) is 0 Å². The topological polar surface area (TPSA) is 144 Å². The minimum Gasteiger partial charge on any atom is -0.379 e. The molecule has 3 amide bonds. The molecule has 1 unspecified atom stereocenters. The van der Waals surface area contributed by atoms with E-state index in [4.69, 9.17) is 10.5 Å². The van der Waals surface area contributed by atoms with Gasteiger partial charge in [0, 0.05) is 37.5 Å². The van der Waals surface area contributed by atoms with E-state index in [1.54, 1.807) is 4.90 Å². The summed E-state index contributed by atoms with van der Waals surface area (Å²) in [5.41, 5.74) is 9.00. The number of benzene rings is 1. The first-order valence-corrected chi connectivity index (χ1v) is 11.2. The Hall–Kier alpha value is -3.15. The molecule has 2 saturated heterocycles. The molecule has 3 atom stereocenters. The highest BCUT2D eigenvalue weighted by atomic mass is 16.5. The summed E-state index contributed by atoms with van der Waals surface area (Å²) in [4.78, 5) is 38.5. The van der Waals surface area contributed by atoms with Crippen LogP contribution in [-0.2, 0) is 34.0 Å². The molecule has 5 rings (SSSR count). The fourth-order valence-corrected chi connectivity index (χ4v) is 4.82. The zero-order valence-corrected chi connectivity index (χ0v) is 18.2. The van der Waals surface area contributed by atoms with Gasteiger partial charge in [-0.15, -0.1) is 5.10 Å². The molecule has 3 aliphatic rings. The summed E-state index contributed by atoms with van der Waals surface area (Å²) in [5.74, 6) is -0.629. The number of fused-ring (bicyclic) bond motifs is 1. The molecule has 0 radical (unpaired) electrons. The predicted molar refractivity (Wildman–Crippen MR) is 115 cm³/mol. The molecule has 1 aromatic heterocycles. The van der Waals surface area contributed by atoms with Gasteiger partial charge in [0.05, 0.1) is 31.1 Å². The van der Waals surface area contributed by atoms with Crippen molar-refractivity contribution in [2.24, 2.45) is 11.7 Å². The van der Waals surface area contributed by atoms with Crippen molar-refractivity contribution in [2.75, 3.05) is 19.8 Å². The molecule has 0 bridgehead atoms. The Morgan fingerprint density at radius 2 is 2.09 bits per heavy atom. The average molecular weight is 454 g/mol. The fourth-order valence-electron chi connectivity index (χ4n) is 4.82. The van der Waals surface area contributed by atoms with Gasteiger partial charge < -0.3 is 20.7 Å². The van der Waals surface area contributed by atoms with Gasteiger partial charge >= 0.3 is 0 Å². The lowest BCUT2D eigenvalue weighted by atomic mass is 10.0. The molecule has 0 spiro atoms. The van der Waals surface area contributed by atoms with Crippen molar-refractivity contribution in [2.45, 2.75) is 44.6 Å². The number of rotatable bonds is 7. The van der Waals surface area contributed by atoms with Crippen molar-refractivity contribution in [1.29, 1.82) is 0 Å². The molecule has 2 fully saturated rings. The minimum atomic E-state index is -0.615. The van der Waals surface area contributed by atoms with Crippen LogP contribution in [0, 0.1) is 5.92 Å². The number of nitrogens with one attached hydrogen (secondary N) is 2. The lowest BCUT2D eigenvalue weighted by Gasteiger charge is -2.29. The third-order valence-electron chi connectivity index (χ3n) is 6.63. The second-order valence-corrected chi connectivity index (χ2v) is 8.75. The van der Waals surface area contributed by atoms with Crippen LogP contribution >= 0.6 is 0 Å². The third-order valence-corrected chi connectivity index (χ3v) is 6.63. The molecule has 3 aliphatic heterocycles. The molecule has 0 saturated carbocycles. The quantitative estimate of drug-likeness (QED) is 0.475. The zero-order chi connectivity index (χ0) is 22.9. The van der Waals surface area contributed by atoms with Crippen molar-refractivity contribution < 1.29 is 19.1 Å². The number of aromatic nitrogens is 3. The van der Waals surface area contributed by atoms with E-state index >= 15 is 0 Å². The number of imide groups is 1. The summed E-state index contributed by atoms with van der Waals surface area (Å²) in [6.45, 7) is 3.10. The monoisotopic (exact) mass is 453 g/mol. The number of amides is 3. The minimum absolute atomic E-state index is 0.101. The molecule has 4 heterocycles. The number of piperidine rings is 1. The Morgan fingerprint density at radius 1 is 1.21 bits per heavy atom. The van der Waals surface area contributed by atoms with Crippen LogP contribution in [0.25, 0.3) is 0 Å². The number of hydrogen-bond acceptors (Lipinski definition) is 8. The average Bonchev–Trinajstić information content (AvgIpc) is 3.53. The maximum atomic E-state index is 13.2. The number of carbonyl (C=O) groups excluding carboxylic acids is 3. The molecule has 4 N–H and O–H groups in total. The molecule has 1 aromatic carbocycles. The highest BCUT2D eigenvalue weighted by Crippen LogP contribution is 2.30. The van der Waals surface area contributed by atoms with E-state index in [1.165, 1.54) is 0 Å². The van der Waals surface area contributed by atoms with Gasteiger partial charge in [-0.1, -0.05) is 23.4 Å². The van der Waals surface area contributed by atoms with Crippen molar-refractivity contribution in [3.63, 3.8) is 0 Å². The Balaban J connectivity index is 1.23. The van der Waals surface area contributed by atoms with E-state index in [9.17, 15) is 14.4 Å². The molecule has 2 aromatic rings. The van der Waals surface area contributed by atoms with Crippen LogP contribution < -0.4 is 16.4 Å². The highest BCUT2D eigenvalue weighted by Gasteiger charge is 2.39. The van der Waals surface area contributed by atoms with E-state index in [0.717, 1.165) is 16.8 Å². The first-order chi connectivity index (χ1) is 16.0. The molecular weight excluding hydrogens is 426 g/mol. The number of nitrogens with zero attached hydrogens (tertiary/aromatic N) is 4. The Morgan fingerprint density at radius 3 is 2.91 bits per heavy atom. The van der Waals surface area contributed by atoms with Gasteiger partial charge in [-0.3, -0.25) is 19.7 Å². The summed E-state index contributed by atoms with van der Waals surface area (Å²) in [5, 5.41) is 14.2. The third kappa shape index (κ3) is 4.14. The van der Waals surface area contributed by atoms with E-state index < -0.39 is 11.9 Å². The molecular formula is C22H27N7O4. The van der Waals surface area contributed by atoms with Crippen LogP contribution in [0.1, 0.15) is 46.1 Å². The maximum Gasteiger partial charge on any atom is 0.255 e. The van der Waals surface area contributed by atoms with Gasteiger partial charge in [-0.05, 0) is 24.1 Å². The van der Waals surface area contributed by atoms with Crippen LogP contribution in [0.4, 0.5) is 0 Å². The highest BCUT2D eigenvalue weighted by molar-refractivity contribution is 6.05. The van der Waals surface area contributed by atoms with Crippen LogP contribution in [0.2, 0.25) is 0 Å². The van der Waals surface area contributed by atoms with Crippen molar-refractivity contribution in [3.8, 4) is 0 Å². The molecule has 0 aliphatic carbocycles. The summed E-state index contributed by atoms with van der Waals surface area (Å²) in [6.07, 6.45) is 2.50. The smallest absolute Gasteiger partial charge is 0.255 e. The van der Waals surface area contributed by atoms with E-state index in [0.29, 0.717) is 51.4 Å². The van der Waals surface area contributed by atoms with Crippen LogP contribution in [0.15, 0.2) is 24.4 Å². The van der Waals surface area contributed by atoms with Crippen molar-refractivity contribution >= 4 is 17.7 Å². The van der Waals surface area contributed by atoms with Gasteiger partial charge in [0.1, 0.15) is 6.04 Å². The fraction of sp³-hybridized carbons (Fsp3) is 0.500. The van der Waals surface area contributed by atoms with Crippen molar-refractivity contribution in [1.82, 2.24) is 30.5 Å². The summed E-state index contributed by atoms with van der Waals surface area (Å²) < 4.78 is 7.34. The first kappa shape index (κ1) is 21.7. The summed E-state index contributed by atoms with van der Waals surface area (Å²) >= 11 is 0. The molecule has 11 nitrogen and oxygen atoms in total. The number of hydrogen-bond donors (Lipinski definition) is 3. The van der Waals surface area contributed by atoms with Crippen LogP contribution in [0.5, 0.6) is 0 Å². The lowest BCUT2D eigenvalue weighted by molar-refractivity contribution is -0.136. The molecule has 33 heavy (non-hydrogen) atoms. The van der Waals surface area contributed by atoms with E-state index in [2.05, 4.69) is 20.9 Å². The Bertz CT molecular complexity index is 1080. The van der Waals surface area contributed by atoms with Crippen LogP contribution in [-0.4, -0.2) is 63.4 Å². The Kier molecular flexibility index (Phi) is 5.92. The lowest BCUT2D eigenvalue weighted by Crippen LogP contribution is -2.52. The summed E-state index contributed by atoms with van der Waals surface area (Å²) in [7, 11) is 0.